The van der Waals surface area contributed by atoms with Crippen LogP contribution in [0.4, 0.5) is 4.79 Å². The van der Waals surface area contributed by atoms with Gasteiger partial charge in [-0.1, -0.05) is 19.9 Å². The number of hydrogen-bond acceptors (Lipinski definition) is 5. The summed E-state index contributed by atoms with van der Waals surface area (Å²) >= 11 is 0. The Kier molecular flexibility index (Phi) is 7.83. The summed E-state index contributed by atoms with van der Waals surface area (Å²) in [5.41, 5.74) is 6.58. The van der Waals surface area contributed by atoms with E-state index in [0.29, 0.717) is 24.4 Å². The molecule has 7 nitrogen and oxygen atoms in total. The van der Waals surface area contributed by atoms with Crippen molar-refractivity contribution in [1.29, 1.82) is 0 Å². The minimum absolute atomic E-state index is 0.269. The van der Waals surface area contributed by atoms with Crippen LogP contribution >= 0.6 is 0 Å². The SMILES string of the molecule is Cc1cnc(C2CCCC(C3=NCC(C)CC3C)N2CCCNC(=O)NO)c(C)c1. The number of rotatable bonds is 6. The molecule has 1 aromatic rings. The maximum atomic E-state index is 11.3. The van der Waals surface area contributed by atoms with Crippen molar-refractivity contribution in [3.63, 3.8) is 0 Å². The predicted octanol–water partition coefficient (Wildman–Crippen LogP) is 3.79. The Morgan fingerprint density at radius 1 is 1.27 bits per heavy atom. The Morgan fingerprint density at radius 2 is 2.03 bits per heavy atom. The molecule has 2 aliphatic heterocycles. The maximum absolute atomic E-state index is 11.3. The number of pyridine rings is 1. The second-order valence-electron chi connectivity index (χ2n) is 9.14. The van der Waals surface area contributed by atoms with Gasteiger partial charge in [-0.2, -0.15) is 0 Å². The molecule has 0 saturated carbocycles. The molecule has 0 bridgehead atoms. The molecule has 30 heavy (non-hydrogen) atoms. The molecular weight excluding hydrogens is 378 g/mol. The molecule has 0 radical (unpaired) electrons. The lowest BCUT2D eigenvalue weighted by atomic mass is 9.81. The van der Waals surface area contributed by atoms with Gasteiger partial charge in [-0.3, -0.25) is 20.1 Å². The average Bonchev–Trinajstić information content (AvgIpc) is 2.71. The molecule has 3 rings (SSSR count). The number of urea groups is 1. The minimum atomic E-state index is -0.558. The molecule has 7 heteroatoms. The monoisotopic (exact) mass is 415 g/mol. The molecule has 4 unspecified atom stereocenters. The lowest BCUT2D eigenvalue weighted by molar-refractivity contribution is 0.109. The lowest BCUT2D eigenvalue weighted by Crippen LogP contribution is -2.50. The van der Waals surface area contributed by atoms with Gasteiger partial charge in [-0.25, -0.2) is 10.3 Å². The van der Waals surface area contributed by atoms with Crippen LogP contribution in [0.25, 0.3) is 0 Å². The summed E-state index contributed by atoms with van der Waals surface area (Å²) in [6, 6.07) is 2.27. The summed E-state index contributed by atoms with van der Waals surface area (Å²) < 4.78 is 0. The van der Waals surface area contributed by atoms with Crippen molar-refractivity contribution in [2.75, 3.05) is 19.6 Å². The highest BCUT2D eigenvalue weighted by Gasteiger charge is 2.37. The van der Waals surface area contributed by atoms with E-state index in [0.717, 1.165) is 32.4 Å². The van der Waals surface area contributed by atoms with Gasteiger partial charge in [0.2, 0.25) is 0 Å². The summed E-state index contributed by atoms with van der Waals surface area (Å²) in [7, 11) is 0. The second kappa shape index (κ2) is 10.4. The number of carbonyl (C=O) groups excluding carboxylic acids is 1. The molecule has 2 amide bonds. The summed E-state index contributed by atoms with van der Waals surface area (Å²) in [5, 5.41) is 11.4. The fourth-order valence-corrected chi connectivity index (χ4v) is 5.20. The van der Waals surface area contributed by atoms with Gasteiger partial charge in [-0.05, 0) is 68.9 Å². The van der Waals surface area contributed by atoms with Crippen molar-refractivity contribution >= 4 is 11.7 Å². The highest BCUT2D eigenvalue weighted by atomic mass is 16.5. The van der Waals surface area contributed by atoms with Crippen LogP contribution in [0.1, 0.15) is 68.8 Å². The molecule has 1 saturated heterocycles. The summed E-state index contributed by atoms with van der Waals surface area (Å²) in [5.74, 6) is 1.16. The van der Waals surface area contributed by atoms with Crippen LogP contribution < -0.4 is 10.8 Å². The highest BCUT2D eigenvalue weighted by Crippen LogP contribution is 2.38. The molecule has 3 heterocycles. The minimum Gasteiger partial charge on any atom is -0.336 e. The van der Waals surface area contributed by atoms with Crippen LogP contribution in [0.15, 0.2) is 17.3 Å². The van der Waals surface area contributed by atoms with E-state index in [1.54, 1.807) is 5.48 Å². The van der Waals surface area contributed by atoms with Crippen molar-refractivity contribution in [3.8, 4) is 0 Å². The van der Waals surface area contributed by atoms with E-state index in [1.807, 2.05) is 6.20 Å². The third kappa shape index (κ3) is 5.38. The predicted molar refractivity (Wildman–Crippen MR) is 119 cm³/mol. The number of aromatic nitrogens is 1. The molecule has 0 aliphatic carbocycles. The molecule has 0 aromatic carbocycles. The molecule has 0 spiro atoms. The van der Waals surface area contributed by atoms with E-state index in [4.69, 9.17) is 15.2 Å². The van der Waals surface area contributed by atoms with Crippen molar-refractivity contribution in [1.82, 2.24) is 20.7 Å². The largest absolute Gasteiger partial charge is 0.338 e. The maximum Gasteiger partial charge on any atom is 0.338 e. The first-order chi connectivity index (χ1) is 14.4. The Morgan fingerprint density at radius 3 is 2.73 bits per heavy atom. The number of amides is 2. The smallest absolute Gasteiger partial charge is 0.336 e. The number of aliphatic imine (C=N–C) groups is 1. The number of nitrogens with one attached hydrogen (secondary N) is 2. The fourth-order valence-electron chi connectivity index (χ4n) is 5.20. The van der Waals surface area contributed by atoms with Crippen molar-refractivity contribution in [2.45, 2.75) is 71.9 Å². The highest BCUT2D eigenvalue weighted by molar-refractivity contribution is 5.92. The Balaban J connectivity index is 1.83. The third-order valence-electron chi connectivity index (χ3n) is 6.49. The van der Waals surface area contributed by atoms with E-state index < -0.39 is 6.03 Å². The zero-order valence-corrected chi connectivity index (χ0v) is 18.8. The summed E-state index contributed by atoms with van der Waals surface area (Å²) in [4.78, 5) is 23.8. The van der Waals surface area contributed by atoms with Crippen LogP contribution in [0.5, 0.6) is 0 Å². The summed E-state index contributed by atoms with van der Waals surface area (Å²) in [6.07, 6.45) is 7.38. The van der Waals surface area contributed by atoms with Crippen LogP contribution in [0, 0.1) is 25.7 Å². The van der Waals surface area contributed by atoms with Gasteiger partial charge in [-0.15, -0.1) is 0 Å². The third-order valence-corrected chi connectivity index (χ3v) is 6.49. The van der Waals surface area contributed by atoms with Crippen LogP contribution in [-0.2, 0) is 0 Å². The molecule has 3 N–H and O–H groups in total. The fraction of sp³-hybridized carbons (Fsp3) is 0.696. The van der Waals surface area contributed by atoms with Gasteiger partial charge in [0.05, 0.1) is 11.7 Å². The average molecular weight is 416 g/mol. The number of likely N-dealkylation sites (tertiary alicyclic amines) is 1. The van der Waals surface area contributed by atoms with Gasteiger partial charge in [0, 0.05) is 37.6 Å². The summed E-state index contributed by atoms with van der Waals surface area (Å²) in [6.45, 7) is 11.2. The first-order valence-corrected chi connectivity index (χ1v) is 11.3. The van der Waals surface area contributed by atoms with Crippen molar-refractivity contribution in [3.05, 3.63) is 29.1 Å². The van der Waals surface area contributed by atoms with Gasteiger partial charge in [0.1, 0.15) is 0 Å². The Bertz CT molecular complexity index is 766. The zero-order chi connectivity index (χ0) is 21.7. The van der Waals surface area contributed by atoms with E-state index >= 15 is 0 Å². The second-order valence-corrected chi connectivity index (χ2v) is 9.14. The Hall–Kier alpha value is -1.99. The number of hydrogen-bond donors (Lipinski definition) is 3. The van der Waals surface area contributed by atoms with E-state index in [1.165, 1.54) is 35.4 Å². The number of carbonyl (C=O) groups is 1. The zero-order valence-electron chi connectivity index (χ0n) is 18.8. The molecular formula is C23H37N5O2. The number of piperidine rings is 1. The standard InChI is InChI=1S/C23H37N5O2/c1-15-11-17(3)21(25-13-15)19-7-5-8-20(22-18(4)12-16(2)14-26-22)28(19)10-6-9-24-23(29)27-30/h11,13,16,18-20,30H,5-10,12,14H2,1-4H3,(H2,24,27,29). The van der Waals surface area contributed by atoms with Crippen LogP contribution in [-0.4, -0.2) is 52.5 Å². The molecule has 2 aliphatic rings. The molecule has 1 aromatic heterocycles. The van der Waals surface area contributed by atoms with E-state index in [2.05, 4.69) is 44.0 Å². The topological polar surface area (TPSA) is 89.9 Å². The van der Waals surface area contributed by atoms with Crippen molar-refractivity contribution < 1.29 is 10.0 Å². The first-order valence-electron chi connectivity index (χ1n) is 11.3. The van der Waals surface area contributed by atoms with E-state index in [9.17, 15) is 4.79 Å². The number of aryl methyl sites for hydroxylation is 2. The number of nitrogens with zero attached hydrogens (tertiary/aromatic N) is 3. The van der Waals surface area contributed by atoms with Gasteiger partial charge < -0.3 is 5.32 Å². The van der Waals surface area contributed by atoms with Gasteiger partial charge >= 0.3 is 6.03 Å². The Labute approximate surface area is 180 Å². The molecule has 4 atom stereocenters. The first kappa shape index (κ1) is 22.7. The quantitative estimate of drug-likeness (QED) is 0.375. The van der Waals surface area contributed by atoms with Crippen LogP contribution in [0.3, 0.4) is 0 Å². The van der Waals surface area contributed by atoms with Crippen molar-refractivity contribution in [2.24, 2.45) is 16.8 Å². The van der Waals surface area contributed by atoms with Gasteiger partial charge in [0.15, 0.2) is 0 Å². The van der Waals surface area contributed by atoms with E-state index in [-0.39, 0.29) is 6.04 Å². The lowest BCUT2D eigenvalue weighted by Gasteiger charge is -2.45. The molecule has 166 valence electrons. The normalized spacial score (nSPS) is 27.4. The molecule has 1 fully saturated rings. The number of hydroxylamine groups is 1. The van der Waals surface area contributed by atoms with Crippen LogP contribution in [0.2, 0.25) is 0 Å². The van der Waals surface area contributed by atoms with Gasteiger partial charge in [0.25, 0.3) is 0 Å².